The first-order valence-electron chi connectivity index (χ1n) is 11.5. The molecule has 0 saturated carbocycles. The highest BCUT2D eigenvalue weighted by atomic mass is 35.5. The van der Waals surface area contributed by atoms with E-state index in [4.69, 9.17) is 27.9 Å². The number of piperazine rings is 1. The number of rotatable bonds is 5. The number of hydrogen-bond acceptors (Lipinski definition) is 5. The summed E-state index contributed by atoms with van der Waals surface area (Å²) in [5, 5.41) is 12.8. The van der Waals surface area contributed by atoms with Crippen molar-refractivity contribution in [1.29, 1.82) is 0 Å². The van der Waals surface area contributed by atoms with Crippen LogP contribution in [0.5, 0.6) is 5.75 Å². The number of aromatic nitrogens is 3. The molecular weight excluding hydrogens is 521 g/mol. The smallest absolute Gasteiger partial charge is 0.253 e. The van der Waals surface area contributed by atoms with Gasteiger partial charge in [0.25, 0.3) is 5.91 Å². The molecule has 4 aromatic rings. The Morgan fingerprint density at radius 3 is 2.56 bits per heavy atom. The van der Waals surface area contributed by atoms with Gasteiger partial charge in [-0.1, -0.05) is 35.3 Å². The maximum Gasteiger partial charge on any atom is 0.253 e. The van der Waals surface area contributed by atoms with Gasteiger partial charge in [0.05, 0.1) is 15.6 Å². The van der Waals surface area contributed by atoms with Crippen LogP contribution in [0.15, 0.2) is 54.9 Å². The predicted octanol–water partition coefficient (Wildman–Crippen LogP) is 5.93. The molecule has 1 fully saturated rings. The maximum absolute atomic E-state index is 12.9. The van der Waals surface area contributed by atoms with Gasteiger partial charge in [0, 0.05) is 60.1 Å². The monoisotopic (exact) mass is 545 g/mol. The van der Waals surface area contributed by atoms with Gasteiger partial charge < -0.3 is 15.0 Å². The van der Waals surface area contributed by atoms with Gasteiger partial charge in [0.15, 0.2) is 0 Å². The van der Waals surface area contributed by atoms with Gasteiger partial charge in [-0.05, 0) is 44.2 Å². The highest BCUT2D eigenvalue weighted by Crippen LogP contribution is 2.34. The molecule has 3 heterocycles. The molecule has 0 bridgehead atoms. The molecule has 1 saturated heterocycles. The molecule has 0 spiro atoms. The van der Waals surface area contributed by atoms with Crippen molar-refractivity contribution >= 4 is 52.4 Å². The Morgan fingerprint density at radius 2 is 1.86 bits per heavy atom. The second-order valence-corrected chi connectivity index (χ2v) is 9.55. The highest BCUT2D eigenvalue weighted by Gasteiger charge is 2.22. The van der Waals surface area contributed by atoms with E-state index in [0.29, 0.717) is 46.1 Å². The fourth-order valence-electron chi connectivity index (χ4n) is 4.43. The van der Waals surface area contributed by atoms with E-state index in [1.807, 2.05) is 54.3 Å². The van der Waals surface area contributed by atoms with Gasteiger partial charge in [0.2, 0.25) is 0 Å². The molecule has 0 aliphatic carbocycles. The molecule has 1 aliphatic rings. The quantitative estimate of drug-likeness (QED) is 0.324. The fourth-order valence-corrected chi connectivity index (χ4v) is 5.10. The zero-order chi connectivity index (χ0) is 24.5. The van der Waals surface area contributed by atoms with Gasteiger partial charge in [-0.15, -0.1) is 12.4 Å². The molecule has 2 aromatic heterocycles. The van der Waals surface area contributed by atoms with E-state index >= 15 is 0 Å². The SMILES string of the molecule is CC1CN(C(=O)c2ccc(-c3n[nH]c4ccc(OC(C)c5c(Cl)cncc5Cl)cc34)cc2)CCN1.Cl. The van der Waals surface area contributed by atoms with Crippen molar-refractivity contribution in [1.82, 2.24) is 25.4 Å². The summed E-state index contributed by atoms with van der Waals surface area (Å²) in [4.78, 5) is 18.8. The van der Waals surface area contributed by atoms with Crippen LogP contribution in [0.25, 0.3) is 22.2 Å². The van der Waals surface area contributed by atoms with Crippen molar-refractivity contribution in [2.75, 3.05) is 19.6 Å². The number of carbonyl (C=O) groups is 1. The third-order valence-electron chi connectivity index (χ3n) is 6.21. The van der Waals surface area contributed by atoms with E-state index in [1.165, 1.54) is 0 Å². The van der Waals surface area contributed by atoms with Gasteiger partial charge in [0.1, 0.15) is 17.5 Å². The molecular formula is C26H26Cl3N5O2. The highest BCUT2D eigenvalue weighted by molar-refractivity contribution is 6.35. The van der Waals surface area contributed by atoms with Crippen molar-refractivity contribution in [3.8, 4) is 17.0 Å². The van der Waals surface area contributed by atoms with Gasteiger partial charge in [-0.2, -0.15) is 5.10 Å². The lowest BCUT2D eigenvalue weighted by Gasteiger charge is -2.32. The maximum atomic E-state index is 12.9. The van der Waals surface area contributed by atoms with Crippen molar-refractivity contribution < 1.29 is 9.53 Å². The molecule has 10 heteroatoms. The van der Waals surface area contributed by atoms with Crippen LogP contribution in [-0.4, -0.2) is 51.7 Å². The number of aromatic amines is 1. The second-order valence-electron chi connectivity index (χ2n) is 8.74. The molecule has 1 aliphatic heterocycles. The summed E-state index contributed by atoms with van der Waals surface area (Å²) in [6.07, 6.45) is 2.73. The molecule has 188 valence electrons. The zero-order valence-corrected chi connectivity index (χ0v) is 22.1. The Balaban J connectivity index is 0.00000304. The summed E-state index contributed by atoms with van der Waals surface area (Å²) < 4.78 is 6.16. The Morgan fingerprint density at radius 1 is 1.14 bits per heavy atom. The summed E-state index contributed by atoms with van der Waals surface area (Å²) in [7, 11) is 0. The third kappa shape index (κ3) is 5.30. The summed E-state index contributed by atoms with van der Waals surface area (Å²) >= 11 is 12.6. The molecule has 36 heavy (non-hydrogen) atoms. The Bertz CT molecular complexity index is 1360. The minimum atomic E-state index is -0.371. The van der Waals surface area contributed by atoms with Crippen LogP contribution in [0.2, 0.25) is 10.0 Å². The number of benzene rings is 2. The van der Waals surface area contributed by atoms with Crippen LogP contribution in [0.3, 0.4) is 0 Å². The number of nitrogens with one attached hydrogen (secondary N) is 2. The Labute approximate surface area is 225 Å². The van der Waals surface area contributed by atoms with Crippen molar-refractivity contribution in [3.63, 3.8) is 0 Å². The first-order chi connectivity index (χ1) is 16.9. The van der Waals surface area contributed by atoms with E-state index < -0.39 is 0 Å². The third-order valence-corrected chi connectivity index (χ3v) is 6.81. The number of pyridine rings is 1. The lowest BCUT2D eigenvalue weighted by molar-refractivity contribution is 0.0709. The number of ether oxygens (including phenoxy) is 1. The molecule has 2 unspecified atom stereocenters. The van der Waals surface area contributed by atoms with E-state index in [1.54, 1.807) is 12.4 Å². The number of halogens is 3. The van der Waals surface area contributed by atoms with Gasteiger partial charge in [-0.25, -0.2) is 0 Å². The predicted molar refractivity (Wildman–Crippen MR) is 145 cm³/mol. The molecule has 2 N–H and O–H groups in total. The number of hydrogen-bond donors (Lipinski definition) is 2. The van der Waals surface area contributed by atoms with Crippen LogP contribution in [0, 0.1) is 0 Å². The van der Waals surface area contributed by atoms with Gasteiger partial charge in [-0.3, -0.25) is 14.9 Å². The summed E-state index contributed by atoms with van der Waals surface area (Å²) in [6, 6.07) is 13.6. The molecule has 2 atom stereocenters. The first kappa shape index (κ1) is 26.2. The summed E-state index contributed by atoms with van der Waals surface area (Å²) in [5.41, 5.74) is 3.94. The first-order valence-corrected chi connectivity index (χ1v) is 12.2. The lowest BCUT2D eigenvalue weighted by Crippen LogP contribution is -2.51. The normalized spacial score (nSPS) is 16.4. The van der Waals surface area contributed by atoms with E-state index in [-0.39, 0.29) is 24.4 Å². The van der Waals surface area contributed by atoms with Crippen LogP contribution in [0.1, 0.15) is 35.9 Å². The standard InChI is InChI=1S/C26H25Cl2N5O2.ClH/c1-15-14-33(10-9-30-15)26(34)18-5-3-17(4-6-18)25-20-11-19(7-8-23(20)31-32-25)35-16(2)24-21(27)12-29-13-22(24)28;/h3-8,11-13,15-16,30H,9-10,14H2,1-2H3,(H,31,32);1H. The topological polar surface area (TPSA) is 83.1 Å². The molecule has 7 nitrogen and oxygen atoms in total. The van der Waals surface area contributed by atoms with E-state index in [2.05, 4.69) is 27.4 Å². The van der Waals surface area contributed by atoms with Crippen LogP contribution >= 0.6 is 35.6 Å². The number of fused-ring (bicyclic) bond motifs is 1. The van der Waals surface area contributed by atoms with Crippen molar-refractivity contribution in [2.45, 2.75) is 26.0 Å². The Hall–Kier alpha value is -2.84. The summed E-state index contributed by atoms with van der Waals surface area (Å²) in [6.45, 7) is 6.22. The average molecular weight is 547 g/mol. The largest absolute Gasteiger partial charge is 0.486 e. The van der Waals surface area contributed by atoms with E-state index in [0.717, 1.165) is 28.7 Å². The van der Waals surface area contributed by atoms with Crippen molar-refractivity contribution in [3.05, 3.63) is 76.0 Å². The Kier molecular flexibility index (Phi) is 8.05. The zero-order valence-electron chi connectivity index (χ0n) is 19.8. The minimum Gasteiger partial charge on any atom is -0.486 e. The lowest BCUT2D eigenvalue weighted by atomic mass is 10.0. The molecule has 1 amide bonds. The molecule has 2 aromatic carbocycles. The number of H-pyrrole nitrogens is 1. The van der Waals surface area contributed by atoms with Crippen LogP contribution in [0.4, 0.5) is 0 Å². The van der Waals surface area contributed by atoms with Crippen LogP contribution in [-0.2, 0) is 0 Å². The fraction of sp³-hybridized carbons (Fsp3) is 0.269. The van der Waals surface area contributed by atoms with Gasteiger partial charge >= 0.3 is 0 Å². The van der Waals surface area contributed by atoms with Crippen molar-refractivity contribution in [2.24, 2.45) is 0 Å². The number of carbonyl (C=O) groups excluding carboxylic acids is 1. The van der Waals surface area contributed by atoms with E-state index in [9.17, 15) is 4.79 Å². The number of amides is 1. The summed E-state index contributed by atoms with van der Waals surface area (Å²) in [5.74, 6) is 0.714. The molecule has 5 rings (SSSR count). The number of nitrogens with zero attached hydrogens (tertiary/aromatic N) is 3. The molecule has 0 radical (unpaired) electrons. The van der Waals surface area contributed by atoms with Crippen LogP contribution < -0.4 is 10.1 Å². The second kappa shape index (κ2) is 11.0. The minimum absolute atomic E-state index is 0. The average Bonchev–Trinajstić information content (AvgIpc) is 3.27.